The van der Waals surface area contributed by atoms with Crippen molar-refractivity contribution in [2.24, 2.45) is 0 Å². The van der Waals surface area contributed by atoms with E-state index in [1.54, 1.807) is 17.2 Å². The number of halogens is 1. The first-order chi connectivity index (χ1) is 15.5. The summed E-state index contributed by atoms with van der Waals surface area (Å²) in [6, 6.07) is 11.6. The Labute approximate surface area is 191 Å². The lowest BCUT2D eigenvalue weighted by Crippen LogP contribution is -2.37. The summed E-state index contributed by atoms with van der Waals surface area (Å²) in [5, 5.41) is 9.82. The van der Waals surface area contributed by atoms with Crippen LogP contribution < -0.4 is 0 Å². The second-order valence-electron chi connectivity index (χ2n) is 8.50. The molecule has 2 aromatic heterocycles. The Morgan fingerprint density at radius 1 is 1.16 bits per heavy atom. The van der Waals surface area contributed by atoms with Crippen LogP contribution in [0.1, 0.15) is 42.8 Å². The van der Waals surface area contributed by atoms with Crippen molar-refractivity contribution in [3.8, 4) is 11.5 Å². The number of fused-ring (bicyclic) bond motifs is 2. The molecular formula is C25H24ClN3O3. The SMILES string of the molecule is CC(C)N(Cc1nnc(-c2ccccc2Cl)o1)C(=O)Cc1coc2cc3c(cc12)CCC3. The van der Waals surface area contributed by atoms with Crippen molar-refractivity contribution in [1.29, 1.82) is 0 Å². The summed E-state index contributed by atoms with van der Waals surface area (Å²) in [6.45, 7) is 4.19. The fourth-order valence-electron chi connectivity index (χ4n) is 4.31. The quantitative estimate of drug-likeness (QED) is 0.383. The Bertz CT molecular complexity index is 1290. The molecule has 1 aliphatic rings. The van der Waals surface area contributed by atoms with Crippen LogP contribution in [0.25, 0.3) is 22.4 Å². The highest BCUT2D eigenvalue weighted by Crippen LogP contribution is 2.31. The number of aryl methyl sites for hydroxylation is 2. The van der Waals surface area contributed by atoms with Crippen LogP contribution in [0.4, 0.5) is 0 Å². The fourth-order valence-corrected chi connectivity index (χ4v) is 4.53. The van der Waals surface area contributed by atoms with Crippen LogP contribution in [0.15, 0.2) is 51.5 Å². The average molecular weight is 450 g/mol. The molecule has 2 aromatic carbocycles. The minimum atomic E-state index is -0.0272. The zero-order chi connectivity index (χ0) is 22.2. The van der Waals surface area contributed by atoms with Crippen molar-refractivity contribution in [3.05, 3.63) is 70.3 Å². The van der Waals surface area contributed by atoms with E-state index in [0.29, 0.717) is 22.4 Å². The van der Waals surface area contributed by atoms with E-state index in [-0.39, 0.29) is 24.9 Å². The van der Waals surface area contributed by atoms with Crippen LogP contribution >= 0.6 is 11.6 Å². The molecule has 2 heterocycles. The van der Waals surface area contributed by atoms with E-state index in [4.69, 9.17) is 20.4 Å². The van der Waals surface area contributed by atoms with Crippen LogP contribution in [-0.2, 0) is 30.6 Å². The van der Waals surface area contributed by atoms with Gasteiger partial charge in [0.1, 0.15) is 5.58 Å². The summed E-state index contributed by atoms with van der Waals surface area (Å²) in [6.07, 6.45) is 5.33. The van der Waals surface area contributed by atoms with Crippen molar-refractivity contribution in [1.82, 2.24) is 15.1 Å². The van der Waals surface area contributed by atoms with Crippen LogP contribution in [0.5, 0.6) is 0 Å². The summed E-state index contributed by atoms with van der Waals surface area (Å²) >= 11 is 6.24. The smallest absolute Gasteiger partial charge is 0.249 e. The van der Waals surface area contributed by atoms with Gasteiger partial charge in [0.2, 0.25) is 17.7 Å². The highest BCUT2D eigenvalue weighted by Gasteiger charge is 2.23. The average Bonchev–Trinajstić information content (AvgIpc) is 3.50. The van der Waals surface area contributed by atoms with Gasteiger partial charge in [-0.15, -0.1) is 10.2 Å². The van der Waals surface area contributed by atoms with Gasteiger partial charge in [-0.25, -0.2) is 0 Å². The van der Waals surface area contributed by atoms with Crippen LogP contribution in [-0.4, -0.2) is 27.0 Å². The molecule has 0 saturated heterocycles. The van der Waals surface area contributed by atoms with Gasteiger partial charge in [-0.3, -0.25) is 4.79 Å². The van der Waals surface area contributed by atoms with Crippen molar-refractivity contribution >= 4 is 28.5 Å². The molecule has 6 nitrogen and oxygen atoms in total. The molecule has 1 amide bonds. The Morgan fingerprint density at radius 2 is 1.94 bits per heavy atom. The molecule has 0 saturated carbocycles. The zero-order valence-electron chi connectivity index (χ0n) is 18.1. The summed E-state index contributed by atoms with van der Waals surface area (Å²) in [7, 11) is 0. The Kier molecular flexibility index (Phi) is 5.47. The van der Waals surface area contributed by atoms with Gasteiger partial charge in [-0.2, -0.15) is 0 Å². The lowest BCUT2D eigenvalue weighted by atomic mass is 10.0. The fraction of sp³-hybridized carbons (Fsp3) is 0.320. The van der Waals surface area contributed by atoms with Crippen LogP contribution in [0, 0.1) is 0 Å². The van der Waals surface area contributed by atoms with Crippen molar-refractivity contribution in [3.63, 3.8) is 0 Å². The summed E-state index contributed by atoms with van der Waals surface area (Å²) < 4.78 is 11.6. The number of carbonyl (C=O) groups excluding carboxylic acids is 1. The third-order valence-corrected chi connectivity index (χ3v) is 6.36. The lowest BCUT2D eigenvalue weighted by Gasteiger charge is -2.25. The molecule has 0 bridgehead atoms. The van der Waals surface area contributed by atoms with E-state index in [9.17, 15) is 4.79 Å². The van der Waals surface area contributed by atoms with Crippen molar-refractivity contribution < 1.29 is 13.6 Å². The molecule has 164 valence electrons. The maximum absolute atomic E-state index is 13.2. The molecular weight excluding hydrogens is 426 g/mol. The molecule has 0 unspecified atom stereocenters. The molecule has 5 rings (SSSR count). The topological polar surface area (TPSA) is 72.4 Å². The van der Waals surface area contributed by atoms with Gasteiger partial charge in [0.25, 0.3) is 0 Å². The van der Waals surface area contributed by atoms with Gasteiger partial charge in [0.15, 0.2) is 0 Å². The molecule has 0 radical (unpaired) electrons. The minimum Gasteiger partial charge on any atom is -0.464 e. The van der Waals surface area contributed by atoms with E-state index < -0.39 is 0 Å². The maximum Gasteiger partial charge on any atom is 0.249 e. The zero-order valence-corrected chi connectivity index (χ0v) is 18.9. The molecule has 4 aromatic rings. The Balaban J connectivity index is 1.35. The van der Waals surface area contributed by atoms with E-state index >= 15 is 0 Å². The first-order valence-corrected chi connectivity index (χ1v) is 11.3. The number of aromatic nitrogens is 2. The van der Waals surface area contributed by atoms with E-state index in [2.05, 4.69) is 22.3 Å². The number of benzene rings is 2. The summed E-state index contributed by atoms with van der Waals surface area (Å²) in [4.78, 5) is 15.0. The van der Waals surface area contributed by atoms with Gasteiger partial charge in [-0.1, -0.05) is 23.7 Å². The molecule has 0 N–H and O–H groups in total. The Hall–Kier alpha value is -3.12. The van der Waals surface area contributed by atoms with Gasteiger partial charge in [0.05, 0.1) is 29.8 Å². The first kappa shape index (κ1) is 20.8. The van der Waals surface area contributed by atoms with Crippen molar-refractivity contribution in [2.45, 2.75) is 52.1 Å². The number of nitrogens with zero attached hydrogens (tertiary/aromatic N) is 3. The lowest BCUT2D eigenvalue weighted by molar-refractivity contribution is -0.133. The van der Waals surface area contributed by atoms with E-state index in [0.717, 1.165) is 29.4 Å². The van der Waals surface area contributed by atoms with E-state index in [1.807, 2.05) is 32.0 Å². The van der Waals surface area contributed by atoms with E-state index in [1.165, 1.54) is 17.5 Å². The number of amides is 1. The maximum atomic E-state index is 13.2. The normalized spacial score (nSPS) is 13.1. The highest BCUT2D eigenvalue weighted by molar-refractivity contribution is 6.33. The van der Waals surface area contributed by atoms with Gasteiger partial charge >= 0.3 is 0 Å². The number of rotatable bonds is 6. The number of carbonyl (C=O) groups is 1. The third kappa shape index (κ3) is 3.91. The second-order valence-corrected chi connectivity index (χ2v) is 8.91. The highest BCUT2D eigenvalue weighted by atomic mass is 35.5. The number of furan rings is 1. The van der Waals surface area contributed by atoms with Gasteiger partial charge in [0, 0.05) is 17.0 Å². The third-order valence-electron chi connectivity index (χ3n) is 6.03. The van der Waals surface area contributed by atoms with Crippen molar-refractivity contribution in [2.75, 3.05) is 0 Å². The number of hydrogen-bond acceptors (Lipinski definition) is 5. The largest absolute Gasteiger partial charge is 0.464 e. The molecule has 32 heavy (non-hydrogen) atoms. The molecule has 0 fully saturated rings. The second kappa shape index (κ2) is 8.43. The summed E-state index contributed by atoms with van der Waals surface area (Å²) in [5.74, 6) is 0.703. The monoisotopic (exact) mass is 449 g/mol. The molecule has 0 spiro atoms. The minimum absolute atomic E-state index is 0.0132. The summed E-state index contributed by atoms with van der Waals surface area (Å²) in [5.41, 5.74) is 5.16. The molecule has 0 atom stereocenters. The predicted octanol–water partition coefficient (Wildman–Crippen LogP) is 5.60. The molecule has 0 aliphatic heterocycles. The van der Waals surface area contributed by atoms with Crippen LogP contribution in [0.2, 0.25) is 5.02 Å². The number of hydrogen-bond donors (Lipinski definition) is 0. The first-order valence-electron chi connectivity index (χ1n) is 10.9. The molecule has 7 heteroatoms. The van der Waals surface area contributed by atoms with Crippen LogP contribution in [0.3, 0.4) is 0 Å². The van der Waals surface area contributed by atoms with Gasteiger partial charge < -0.3 is 13.7 Å². The van der Waals surface area contributed by atoms with Gasteiger partial charge in [-0.05, 0) is 68.5 Å². The predicted molar refractivity (Wildman–Crippen MR) is 122 cm³/mol. The molecule has 1 aliphatic carbocycles. The Morgan fingerprint density at radius 3 is 2.72 bits per heavy atom. The standard InChI is InChI=1S/C25H24ClN3O3/c1-15(2)29(13-23-27-28-25(32-23)19-8-3-4-9-21(19)26)24(30)12-18-14-31-22-11-17-7-5-6-16(17)10-20(18)22/h3-4,8-11,14-15H,5-7,12-13H2,1-2H3.